The summed E-state index contributed by atoms with van der Waals surface area (Å²) in [5, 5.41) is 18.7. The highest BCUT2D eigenvalue weighted by atomic mass is 79.9. The van der Waals surface area contributed by atoms with Gasteiger partial charge in [-0.15, -0.1) is 47.3 Å². The zero-order chi connectivity index (χ0) is 36.2. The molecule has 8 rings (SSSR count). The van der Waals surface area contributed by atoms with E-state index in [0.717, 1.165) is 48.7 Å². The van der Waals surface area contributed by atoms with Gasteiger partial charge in [-0.3, -0.25) is 0 Å². The van der Waals surface area contributed by atoms with Crippen molar-refractivity contribution >= 4 is 117 Å². The molecule has 0 aliphatic heterocycles. The average molecular weight is 910 g/mol. The molecule has 2 nitrogen and oxygen atoms in total. The summed E-state index contributed by atoms with van der Waals surface area (Å²) in [4.78, 5) is 0. The highest BCUT2D eigenvalue weighted by Gasteiger charge is 2.18. The average Bonchev–Trinajstić information content (AvgIpc) is 3.13. The number of hydrogen-bond donors (Lipinski definition) is 1. The smallest absolute Gasteiger partial charge is 0.369 e. The molecule has 0 atom stereocenters. The van der Waals surface area contributed by atoms with Gasteiger partial charge in [0.05, 0.1) is 17.2 Å². The fourth-order valence-electron chi connectivity index (χ4n) is 6.27. The molecule has 0 unspecified atom stereocenters. The number of phenolic OH excluding ortho intramolecular Hbond substituents is 1. The topological polar surface area (TPSA) is 29.5 Å². The van der Waals surface area contributed by atoms with E-state index in [9.17, 15) is 13.9 Å². The lowest BCUT2D eigenvalue weighted by atomic mass is 9.93. The Morgan fingerprint density at radius 1 is 0.510 bits per heavy atom. The van der Waals surface area contributed by atoms with Crippen molar-refractivity contribution in [3.05, 3.63) is 155 Å². The van der Waals surface area contributed by atoms with Gasteiger partial charge in [-0.25, -0.2) is 8.78 Å². The number of fused-ring (bicyclic) bond motifs is 6. The van der Waals surface area contributed by atoms with Gasteiger partial charge < -0.3 is 9.84 Å². The first kappa shape index (κ1) is 37.1. The SMILES string of the molecule is BrB(Br)Br.COc1ccc2c(ccc3ccccc32)c1-c1cccc(Cl)c1F.Oc1ccc2c(ccc3ccccc32)c1-c1cccc(Cl)c1F. The van der Waals surface area contributed by atoms with Crippen LogP contribution in [-0.4, -0.2) is 15.4 Å². The number of phenols is 1. The van der Waals surface area contributed by atoms with Crippen molar-refractivity contribution in [3.63, 3.8) is 0 Å². The molecule has 0 bridgehead atoms. The number of rotatable bonds is 3. The maximum Gasteiger partial charge on any atom is 0.369 e. The second-order valence-corrected chi connectivity index (χ2v) is 18.6. The van der Waals surface area contributed by atoms with Gasteiger partial charge in [-0.2, -0.15) is 0 Å². The minimum Gasteiger partial charge on any atom is -0.507 e. The van der Waals surface area contributed by atoms with E-state index < -0.39 is 11.6 Å². The van der Waals surface area contributed by atoms with E-state index in [0.29, 0.717) is 22.4 Å². The van der Waals surface area contributed by atoms with Crippen molar-refractivity contribution in [2.45, 2.75) is 0 Å². The Hall–Kier alpha value is -3.66. The third-order valence-electron chi connectivity index (χ3n) is 8.45. The molecule has 0 aliphatic carbocycles. The first-order valence-corrected chi connectivity index (χ1v) is 19.0. The summed E-state index contributed by atoms with van der Waals surface area (Å²) in [7, 11) is 1.59. The van der Waals surface area contributed by atoms with Crippen LogP contribution in [0, 0.1) is 11.6 Å². The number of halogens is 7. The molecular weight excluding hydrogens is 884 g/mol. The third-order valence-corrected chi connectivity index (χ3v) is 9.04. The van der Waals surface area contributed by atoms with Gasteiger partial charge in [0.25, 0.3) is 0 Å². The first-order chi connectivity index (χ1) is 24.6. The molecule has 0 spiro atoms. The highest BCUT2D eigenvalue weighted by molar-refractivity contribution is 9.69. The van der Waals surface area contributed by atoms with Gasteiger partial charge in [0.1, 0.15) is 23.1 Å². The largest absolute Gasteiger partial charge is 0.507 e. The zero-order valence-electron chi connectivity index (χ0n) is 26.8. The normalized spacial score (nSPS) is 10.8. The van der Waals surface area contributed by atoms with E-state index in [2.05, 4.69) is 59.4 Å². The molecule has 0 heterocycles. The van der Waals surface area contributed by atoms with Crippen LogP contribution in [0.3, 0.4) is 0 Å². The number of ether oxygens (including phenoxy) is 1. The molecular formula is C41H26BBr3Cl2F2O2. The fourth-order valence-corrected chi connectivity index (χ4v) is 6.62. The summed E-state index contributed by atoms with van der Waals surface area (Å²) < 4.78 is 34.9. The summed E-state index contributed by atoms with van der Waals surface area (Å²) >= 11 is 21.2. The predicted octanol–water partition coefficient (Wildman–Crippen LogP) is 14.8. The number of aromatic hydroxyl groups is 1. The minimum atomic E-state index is -0.523. The van der Waals surface area contributed by atoms with E-state index in [1.807, 2.05) is 78.9 Å². The monoisotopic (exact) mass is 906 g/mol. The van der Waals surface area contributed by atoms with Crippen LogP contribution in [0.25, 0.3) is 65.3 Å². The molecule has 0 aromatic heterocycles. The summed E-state index contributed by atoms with van der Waals surface area (Å²) in [6, 6.07) is 41.3. The van der Waals surface area contributed by atoms with Crippen LogP contribution in [0.5, 0.6) is 11.5 Å². The Balaban J connectivity index is 0.000000159. The lowest BCUT2D eigenvalue weighted by Gasteiger charge is -2.15. The lowest BCUT2D eigenvalue weighted by Crippen LogP contribution is -1.93. The Kier molecular flexibility index (Phi) is 11.9. The molecule has 0 fully saturated rings. The first-order valence-electron chi connectivity index (χ1n) is 15.5. The Morgan fingerprint density at radius 2 is 0.941 bits per heavy atom. The van der Waals surface area contributed by atoms with E-state index >= 15 is 0 Å². The molecule has 0 saturated heterocycles. The number of methoxy groups -OCH3 is 1. The van der Waals surface area contributed by atoms with Crippen molar-refractivity contribution < 1.29 is 18.6 Å². The Labute approximate surface area is 329 Å². The Morgan fingerprint density at radius 3 is 1.45 bits per heavy atom. The summed E-state index contributed by atoms with van der Waals surface area (Å²) in [5.74, 6) is -0.295. The van der Waals surface area contributed by atoms with E-state index in [-0.39, 0.29) is 19.0 Å². The minimum absolute atomic E-state index is 0.0361. The molecule has 0 amide bonds. The van der Waals surface area contributed by atoms with Gasteiger partial charge >= 0.3 is 3.18 Å². The quantitative estimate of drug-likeness (QED) is 0.141. The molecule has 51 heavy (non-hydrogen) atoms. The van der Waals surface area contributed by atoms with Gasteiger partial charge in [0.15, 0.2) is 0 Å². The van der Waals surface area contributed by atoms with Crippen LogP contribution in [0.15, 0.2) is 133 Å². The zero-order valence-corrected chi connectivity index (χ0v) is 33.1. The van der Waals surface area contributed by atoms with E-state index in [4.69, 9.17) is 27.9 Å². The van der Waals surface area contributed by atoms with Crippen LogP contribution in [0.4, 0.5) is 8.78 Å². The van der Waals surface area contributed by atoms with E-state index in [1.54, 1.807) is 43.5 Å². The molecule has 0 radical (unpaired) electrons. The molecule has 8 aromatic carbocycles. The van der Waals surface area contributed by atoms with Crippen LogP contribution in [-0.2, 0) is 0 Å². The molecule has 0 saturated carbocycles. The van der Waals surface area contributed by atoms with Crippen LogP contribution in [0.2, 0.25) is 10.0 Å². The maximum absolute atomic E-state index is 14.7. The van der Waals surface area contributed by atoms with Gasteiger partial charge in [-0.05, 0) is 67.4 Å². The Bertz CT molecular complexity index is 2550. The van der Waals surface area contributed by atoms with Crippen molar-refractivity contribution in [3.8, 4) is 33.8 Å². The number of benzene rings is 8. The van der Waals surface area contributed by atoms with Gasteiger partial charge in [0.2, 0.25) is 0 Å². The summed E-state index contributed by atoms with van der Waals surface area (Å²) in [6.45, 7) is 0. The van der Waals surface area contributed by atoms with Crippen LogP contribution in [0.1, 0.15) is 0 Å². The van der Waals surface area contributed by atoms with Crippen LogP contribution >= 0.6 is 70.5 Å². The summed E-state index contributed by atoms with van der Waals surface area (Å²) in [6.07, 6.45) is 0. The molecule has 10 heteroatoms. The standard InChI is InChI=1S/C21H14ClFO.C20H12ClFO.BBr3/c1-24-19-12-11-15-14-6-3-2-5-13(14)9-10-16(15)20(19)17-7-4-8-18(22)21(17)23;21-17-7-3-6-16(20(17)22)19-15-9-8-12-4-1-2-5-13(12)14(15)10-11-18(19)23;2-1(3)4/h2-12H,1H3;1-11,23H;. The maximum atomic E-state index is 14.7. The second kappa shape index (κ2) is 16.3. The van der Waals surface area contributed by atoms with Crippen LogP contribution < -0.4 is 4.74 Å². The van der Waals surface area contributed by atoms with Gasteiger partial charge in [0, 0.05) is 22.3 Å². The van der Waals surface area contributed by atoms with Crippen molar-refractivity contribution in [1.82, 2.24) is 0 Å². The third kappa shape index (κ3) is 7.76. The van der Waals surface area contributed by atoms with Crippen molar-refractivity contribution in [2.24, 2.45) is 0 Å². The summed E-state index contributed by atoms with van der Waals surface area (Å²) in [5.41, 5.74) is 1.94. The second-order valence-electron chi connectivity index (χ2n) is 11.3. The lowest BCUT2D eigenvalue weighted by molar-refractivity contribution is 0.416. The molecule has 8 aromatic rings. The predicted molar refractivity (Wildman–Crippen MR) is 224 cm³/mol. The van der Waals surface area contributed by atoms with Crippen molar-refractivity contribution in [1.29, 1.82) is 0 Å². The van der Waals surface area contributed by atoms with E-state index in [1.165, 1.54) is 6.07 Å². The molecule has 1 N–H and O–H groups in total. The highest BCUT2D eigenvalue weighted by Crippen LogP contribution is 2.43. The molecule has 0 aliphatic rings. The number of hydrogen-bond acceptors (Lipinski definition) is 2. The molecule has 254 valence electrons. The van der Waals surface area contributed by atoms with Crippen molar-refractivity contribution in [2.75, 3.05) is 7.11 Å². The van der Waals surface area contributed by atoms with Gasteiger partial charge in [-0.1, -0.05) is 132 Å². The fraction of sp³-hybridized carbons (Fsp3) is 0.0244.